The molecule has 0 aromatic heterocycles. The number of carbonyl (C=O) groups excluding carboxylic acids is 1. The number of esters is 1. The van der Waals surface area contributed by atoms with Crippen LogP contribution in [-0.2, 0) is 20.9 Å². The Balaban J connectivity index is 2.41. The molecule has 0 unspecified atom stereocenters. The Hall–Kier alpha value is -1.88. The molecule has 1 aromatic carbocycles. The van der Waals surface area contributed by atoms with E-state index < -0.39 is 12.0 Å². The van der Waals surface area contributed by atoms with Gasteiger partial charge in [0.1, 0.15) is 12.6 Å². The summed E-state index contributed by atoms with van der Waals surface area (Å²) < 4.78 is 5.15. The molecule has 0 aliphatic rings. The van der Waals surface area contributed by atoms with Crippen molar-refractivity contribution < 1.29 is 19.4 Å². The lowest BCUT2D eigenvalue weighted by Crippen LogP contribution is -2.41. The Kier molecular flexibility index (Phi) is 7.46. The van der Waals surface area contributed by atoms with E-state index in [0.717, 1.165) is 5.56 Å². The average molecular weight is 293 g/mol. The zero-order chi connectivity index (χ0) is 15.7. The second kappa shape index (κ2) is 9.13. The maximum absolute atomic E-state index is 11.7. The molecule has 0 aliphatic heterocycles. The van der Waals surface area contributed by atoms with Crippen molar-refractivity contribution in [3.63, 3.8) is 0 Å². The van der Waals surface area contributed by atoms with E-state index in [1.807, 2.05) is 49.1 Å². The molecule has 0 bridgehead atoms. The second-order valence-corrected chi connectivity index (χ2v) is 4.76. The van der Waals surface area contributed by atoms with Crippen LogP contribution in [0.15, 0.2) is 30.3 Å². The van der Waals surface area contributed by atoms with Crippen molar-refractivity contribution in [3.8, 4) is 0 Å². The molecule has 5 heteroatoms. The van der Waals surface area contributed by atoms with E-state index in [2.05, 4.69) is 0 Å². The number of nitrogens with zero attached hydrogens (tertiary/aromatic N) is 1. The number of carboxylic acids is 1. The SMILES string of the molecule is CCN(CC)[C@@H](CCC(=O)OCc1ccccc1)C(=O)O. The van der Waals surface area contributed by atoms with Crippen molar-refractivity contribution in [1.82, 2.24) is 4.90 Å². The van der Waals surface area contributed by atoms with Gasteiger partial charge in [0.05, 0.1) is 0 Å². The zero-order valence-corrected chi connectivity index (χ0v) is 12.6. The third-order valence-corrected chi connectivity index (χ3v) is 3.40. The fourth-order valence-corrected chi connectivity index (χ4v) is 2.19. The van der Waals surface area contributed by atoms with Crippen molar-refractivity contribution in [2.75, 3.05) is 13.1 Å². The van der Waals surface area contributed by atoms with Crippen LogP contribution in [0.3, 0.4) is 0 Å². The molecule has 0 heterocycles. The summed E-state index contributed by atoms with van der Waals surface area (Å²) in [5.74, 6) is -1.26. The van der Waals surface area contributed by atoms with Crippen LogP contribution in [0.1, 0.15) is 32.3 Å². The number of benzene rings is 1. The summed E-state index contributed by atoms with van der Waals surface area (Å²) in [5, 5.41) is 9.23. The van der Waals surface area contributed by atoms with Gasteiger partial charge in [0.2, 0.25) is 0 Å². The van der Waals surface area contributed by atoms with Crippen LogP contribution in [0.5, 0.6) is 0 Å². The predicted octanol–water partition coefficient (Wildman–Crippen LogP) is 2.30. The Labute approximate surface area is 125 Å². The first-order valence-electron chi connectivity index (χ1n) is 7.24. The number of hydrogen-bond acceptors (Lipinski definition) is 4. The van der Waals surface area contributed by atoms with Gasteiger partial charge in [-0.15, -0.1) is 0 Å². The minimum atomic E-state index is -0.894. The van der Waals surface area contributed by atoms with Crippen LogP contribution >= 0.6 is 0 Å². The number of likely N-dealkylation sites (N-methyl/N-ethyl adjacent to an activating group) is 1. The quantitative estimate of drug-likeness (QED) is 0.708. The molecule has 1 N–H and O–H groups in total. The van der Waals surface area contributed by atoms with Gasteiger partial charge < -0.3 is 9.84 Å². The van der Waals surface area contributed by atoms with E-state index in [4.69, 9.17) is 4.74 Å². The Morgan fingerprint density at radius 1 is 1.19 bits per heavy atom. The lowest BCUT2D eigenvalue weighted by atomic mass is 10.1. The van der Waals surface area contributed by atoms with Gasteiger partial charge in [0.15, 0.2) is 0 Å². The summed E-state index contributed by atoms with van der Waals surface area (Å²) in [6, 6.07) is 8.78. The molecule has 0 fully saturated rings. The van der Waals surface area contributed by atoms with Crippen LogP contribution in [-0.4, -0.2) is 41.1 Å². The number of carbonyl (C=O) groups is 2. The van der Waals surface area contributed by atoms with Crippen molar-refractivity contribution in [3.05, 3.63) is 35.9 Å². The minimum Gasteiger partial charge on any atom is -0.480 e. The lowest BCUT2D eigenvalue weighted by molar-refractivity contribution is -0.147. The van der Waals surface area contributed by atoms with Crippen molar-refractivity contribution in [2.24, 2.45) is 0 Å². The van der Waals surface area contributed by atoms with Crippen molar-refractivity contribution in [2.45, 2.75) is 39.3 Å². The topological polar surface area (TPSA) is 66.8 Å². The number of hydrogen-bond donors (Lipinski definition) is 1. The molecule has 0 amide bonds. The van der Waals surface area contributed by atoms with Crippen LogP contribution in [0.2, 0.25) is 0 Å². The highest BCUT2D eigenvalue weighted by atomic mass is 16.5. The van der Waals surface area contributed by atoms with Gasteiger partial charge in [-0.25, -0.2) is 0 Å². The zero-order valence-electron chi connectivity index (χ0n) is 12.6. The Morgan fingerprint density at radius 3 is 2.33 bits per heavy atom. The fraction of sp³-hybridized carbons (Fsp3) is 0.500. The molecule has 1 rings (SSSR count). The summed E-state index contributed by atoms with van der Waals surface area (Å²) in [7, 11) is 0. The van der Waals surface area contributed by atoms with Crippen LogP contribution in [0, 0.1) is 0 Å². The number of rotatable bonds is 9. The lowest BCUT2D eigenvalue weighted by Gasteiger charge is -2.25. The van der Waals surface area contributed by atoms with E-state index >= 15 is 0 Å². The standard InChI is InChI=1S/C16H23NO4/c1-3-17(4-2)14(16(19)20)10-11-15(18)21-12-13-8-6-5-7-9-13/h5-9,14H,3-4,10-12H2,1-2H3,(H,19,20)/t14-/m0/s1. The summed E-state index contributed by atoms with van der Waals surface area (Å²) in [6.45, 7) is 5.34. The third kappa shape index (κ3) is 5.95. The highest BCUT2D eigenvalue weighted by Gasteiger charge is 2.24. The average Bonchev–Trinajstić information content (AvgIpc) is 2.50. The first-order chi connectivity index (χ1) is 10.1. The molecular formula is C16H23NO4. The molecule has 0 spiro atoms. The summed E-state index contributed by atoms with van der Waals surface area (Å²) in [4.78, 5) is 24.8. The van der Waals surface area contributed by atoms with Gasteiger partial charge in [-0.2, -0.15) is 0 Å². The van der Waals surface area contributed by atoms with Crippen LogP contribution in [0.4, 0.5) is 0 Å². The first kappa shape index (κ1) is 17.2. The van der Waals surface area contributed by atoms with Gasteiger partial charge in [0, 0.05) is 6.42 Å². The highest BCUT2D eigenvalue weighted by molar-refractivity contribution is 5.75. The van der Waals surface area contributed by atoms with E-state index in [-0.39, 0.29) is 25.4 Å². The Morgan fingerprint density at radius 2 is 1.81 bits per heavy atom. The summed E-state index contributed by atoms with van der Waals surface area (Å²) in [5.41, 5.74) is 0.921. The van der Waals surface area contributed by atoms with Gasteiger partial charge in [-0.05, 0) is 25.1 Å². The Bertz CT molecular complexity index is 443. The maximum atomic E-state index is 11.7. The largest absolute Gasteiger partial charge is 0.480 e. The normalized spacial score (nSPS) is 12.1. The second-order valence-electron chi connectivity index (χ2n) is 4.76. The van der Waals surface area contributed by atoms with Gasteiger partial charge >= 0.3 is 11.9 Å². The molecule has 0 saturated heterocycles. The van der Waals surface area contributed by atoms with E-state index in [1.165, 1.54) is 0 Å². The van der Waals surface area contributed by atoms with E-state index in [9.17, 15) is 14.7 Å². The molecule has 5 nitrogen and oxygen atoms in total. The smallest absolute Gasteiger partial charge is 0.320 e. The fourth-order valence-electron chi connectivity index (χ4n) is 2.19. The van der Waals surface area contributed by atoms with Crippen molar-refractivity contribution in [1.29, 1.82) is 0 Å². The molecule has 21 heavy (non-hydrogen) atoms. The molecule has 0 aliphatic carbocycles. The van der Waals surface area contributed by atoms with E-state index in [1.54, 1.807) is 0 Å². The summed E-state index contributed by atoms with van der Waals surface area (Å²) in [6.07, 6.45) is 0.380. The predicted molar refractivity (Wildman–Crippen MR) is 79.8 cm³/mol. The molecule has 1 aromatic rings. The van der Waals surface area contributed by atoms with Gasteiger partial charge in [-0.1, -0.05) is 44.2 Å². The van der Waals surface area contributed by atoms with Crippen molar-refractivity contribution >= 4 is 11.9 Å². The van der Waals surface area contributed by atoms with Gasteiger partial charge in [-0.3, -0.25) is 14.5 Å². The van der Waals surface area contributed by atoms with Crippen LogP contribution < -0.4 is 0 Å². The molecule has 0 radical (unpaired) electrons. The molecular weight excluding hydrogens is 270 g/mol. The molecule has 1 atom stereocenters. The highest BCUT2D eigenvalue weighted by Crippen LogP contribution is 2.09. The van der Waals surface area contributed by atoms with Gasteiger partial charge in [0.25, 0.3) is 0 Å². The number of ether oxygens (including phenoxy) is 1. The number of carboxylic acid groups (broad SMARTS) is 1. The molecule has 116 valence electrons. The van der Waals surface area contributed by atoms with Crippen LogP contribution in [0.25, 0.3) is 0 Å². The maximum Gasteiger partial charge on any atom is 0.320 e. The molecule has 0 saturated carbocycles. The minimum absolute atomic E-state index is 0.111. The number of aliphatic carboxylic acids is 1. The monoisotopic (exact) mass is 293 g/mol. The summed E-state index contributed by atoms with van der Waals surface area (Å²) >= 11 is 0. The first-order valence-corrected chi connectivity index (χ1v) is 7.24. The van der Waals surface area contributed by atoms with E-state index in [0.29, 0.717) is 13.1 Å². The third-order valence-electron chi connectivity index (χ3n) is 3.40.